The lowest BCUT2D eigenvalue weighted by Gasteiger charge is -2.16. The first-order valence-corrected chi connectivity index (χ1v) is 7.42. The van der Waals surface area contributed by atoms with Crippen LogP contribution in [0.4, 0.5) is 0 Å². The molecule has 0 unspecified atom stereocenters. The van der Waals surface area contributed by atoms with Crippen LogP contribution in [-0.2, 0) is 13.6 Å². The zero-order chi connectivity index (χ0) is 14.8. The van der Waals surface area contributed by atoms with Gasteiger partial charge in [0.15, 0.2) is 0 Å². The van der Waals surface area contributed by atoms with Crippen molar-refractivity contribution < 1.29 is 0 Å². The summed E-state index contributed by atoms with van der Waals surface area (Å²) in [5, 5.41) is 11.1. The van der Waals surface area contributed by atoms with E-state index in [2.05, 4.69) is 59.8 Å². The molecule has 0 aliphatic rings. The lowest BCUT2D eigenvalue weighted by Crippen LogP contribution is -2.19. The number of rotatable bonds is 4. The van der Waals surface area contributed by atoms with E-state index in [0.717, 1.165) is 5.69 Å². The molecule has 3 nitrogen and oxygen atoms in total. The topological polar surface area (TPSA) is 29.9 Å². The molecular formula is C17H18ClN3. The van der Waals surface area contributed by atoms with Gasteiger partial charge in [-0.15, -0.1) is 0 Å². The van der Waals surface area contributed by atoms with Crippen molar-refractivity contribution in [2.24, 2.45) is 7.05 Å². The second-order valence-corrected chi connectivity index (χ2v) is 5.68. The first-order chi connectivity index (χ1) is 10.1. The summed E-state index contributed by atoms with van der Waals surface area (Å²) in [5.41, 5.74) is 2.17. The molecule has 0 radical (unpaired) electrons. The third kappa shape index (κ3) is 2.94. The molecule has 3 aromatic rings. The molecule has 0 aliphatic carbocycles. The summed E-state index contributed by atoms with van der Waals surface area (Å²) in [5.74, 6) is 0. The molecule has 0 saturated carbocycles. The van der Waals surface area contributed by atoms with Crippen LogP contribution in [0.1, 0.15) is 24.2 Å². The van der Waals surface area contributed by atoms with Gasteiger partial charge in [-0.2, -0.15) is 5.10 Å². The SMILES string of the molecule is C[C@@H](NCc1nn(C)cc1Cl)c1cccc2ccccc12. The lowest BCUT2D eigenvalue weighted by atomic mass is 10.00. The summed E-state index contributed by atoms with van der Waals surface area (Å²) in [7, 11) is 1.88. The van der Waals surface area contributed by atoms with E-state index in [1.807, 2.05) is 13.2 Å². The van der Waals surface area contributed by atoms with Crippen LogP contribution in [0.2, 0.25) is 5.02 Å². The van der Waals surface area contributed by atoms with Crippen LogP contribution in [0.5, 0.6) is 0 Å². The van der Waals surface area contributed by atoms with Crippen molar-refractivity contribution in [2.45, 2.75) is 19.5 Å². The molecular weight excluding hydrogens is 282 g/mol. The minimum absolute atomic E-state index is 0.231. The third-order valence-electron chi connectivity index (χ3n) is 3.72. The van der Waals surface area contributed by atoms with E-state index in [1.165, 1.54) is 16.3 Å². The molecule has 1 aromatic heterocycles. The average Bonchev–Trinajstić information content (AvgIpc) is 2.82. The highest BCUT2D eigenvalue weighted by Crippen LogP contribution is 2.24. The quantitative estimate of drug-likeness (QED) is 0.787. The second-order valence-electron chi connectivity index (χ2n) is 5.27. The fourth-order valence-electron chi connectivity index (χ4n) is 2.61. The normalized spacial score (nSPS) is 12.7. The monoisotopic (exact) mass is 299 g/mol. The zero-order valence-corrected chi connectivity index (χ0v) is 12.9. The highest BCUT2D eigenvalue weighted by atomic mass is 35.5. The van der Waals surface area contributed by atoms with Gasteiger partial charge >= 0.3 is 0 Å². The molecule has 0 aliphatic heterocycles. The van der Waals surface area contributed by atoms with Crippen molar-refractivity contribution in [1.82, 2.24) is 15.1 Å². The van der Waals surface area contributed by atoms with Gasteiger partial charge in [-0.1, -0.05) is 54.1 Å². The van der Waals surface area contributed by atoms with E-state index in [-0.39, 0.29) is 6.04 Å². The van der Waals surface area contributed by atoms with Gasteiger partial charge in [0, 0.05) is 25.8 Å². The Kier molecular flexibility index (Phi) is 3.95. The molecule has 1 N–H and O–H groups in total. The molecule has 0 saturated heterocycles. The molecule has 4 heteroatoms. The molecule has 2 aromatic carbocycles. The number of nitrogens with zero attached hydrogens (tertiary/aromatic N) is 2. The summed E-state index contributed by atoms with van der Waals surface area (Å²) in [6.07, 6.45) is 1.82. The van der Waals surface area contributed by atoms with Crippen molar-refractivity contribution in [3.8, 4) is 0 Å². The van der Waals surface area contributed by atoms with Gasteiger partial charge in [0.2, 0.25) is 0 Å². The van der Waals surface area contributed by atoms with E-state index in [4.69, 9.17) is 11.6 Å². The Labute approximate surface area is 129 Å². The van der Waals surface area contributed by atoms with Crippen LogP contribution < -0.4 is 5.32 Å². The fourth-order valence-corrected chi connectivity index (χ4v) is 2.86. The van der Waals surface area contributed by atoms with Gasteiger partial charge in [0.1, 0.15) is 0 Å². The van der Waals surface area contributed by atoms with E-state index in [1.54, 1.807) is 4.68 Å². The Hall–Kier alpha value is -1.84. The largest absolute Gasteiger partial charge is 0.304 e. The van der Waals surface area contributed by atoms with Crippen molar-refractivity contribution in [2.75, 3.05) is 0 Å². The minimum atomic E-state index is 0.231. The van der Waals surface area contributed by atoms with Gasteiger partial charge in [0.05, 0.1) is 10.7 Å². The number of hydrogen-bond donors (Lipinski definition) is 1. The fraction of sp³-hybridized carbons (Fsp3) is 0.235. The van der Waals surface area contributed by atoms with Crippen LogP contribution >= 0.6 is 11.6 Å². The van der Waals surface area contributed by atoms with Crippen molar-refractivity contribution in [1.29, 1.82) is 0 Å². The summed E-state index contributed by atoms with van der Waals surface area (Å²) in [6, 6.07) is 15.1. The van der Waals surface area contributed by atoms with Crippen molar-refractivity contribution in [3.63, 3.8) is 0 Å². The Morgan fingerprint density at radius 2 is 1.95 bits per heavy atom. The van der Waals surface area contributed by atoms with Gasteiger partial charge in [-0.05, 0) is 23.3 Å². The molecule has 3 rings (SSSR count). The Morgan fingerprint density at radius 1 is 1.19 bits per heavy atom. The molecule has 0 bridgehead atoms. The maximum atomic E-state index is 6.15. The highest BCUT2D eigenvalue weighted by Gasteiger charge is 2.11. The zero-order valence-electron chi connectivity index (χ0n) is 12.2. The molecule has 21 heavy (non-hydrogen) atoms. The first-order valence-electron chi connectivity index (χ1n) is 7.04. The predicted octanol–water partition coefficient (Wildman–Crippen LogP) is 4.08. The van der Waals surface area contributed by atoms with Crippen LogP contribution in [0.3, 0.4) is 0 Å². The maximum absolute atomic E-state index is 6.15. The number of benzene rings is 2. The standard InChI is InChI=1S/C17H18ClN3/c1-12(19-10-17-16(18)11-21(2)20-17)14-9-5-7-13-6-3-4-8-15(13)14/h3-9,11-12,19H,10H2,1-2H3/t12-/m1/s1. The van der Waals surface area contributed by atoms with Crippen LogP contribution in [-0.4, -0.2) is 9.78 Å². The number of aromatic nitrogens is 2. The van der Waals surface area contributed by atoms with Gasteiger partial charge in [0.25, 0.3) is 0 Å². The minimum Gasteiger partial charge on any atom is -0.304 e. The lowest BCUT2D eigenvalue weighted by molar-refractivity contribution is 0.565. The molecule has 0 fully saturated rings. The number of halogens is 1. The molecule has 108 valence electrons. The van der Waals surface area contributed by atoms with Gasteiger partial charge in [-0.25, -0.2) is 0 Å². The average molecular weight is 300 g/mol. The summed E-state index contributed by atoms with van der Waals surface area (Å²) in [4.78, 5) is 0. The number of hydrogen-bond acceptors (Lipinski definition) is 2. The summed E-state index contributed by atoms with van der Waals surface area (Å²) in [6.45, 7) is 2.82. The number of fused-ring (bicyclic) bond motifs is 1. The van der Waals surface area contributed by atoms with Crippen LogP contribution in [0.15, 0.2) is 48.7 Å². The van der Waals surface area contributed by atoms with Gasteiger partial charge < -0.3 is 5.32 Å². The number of nitrogens with one attached hydrogen (secondary N) is 1. The van der Waals surface area contributed by atoms with Crippen LogP contribution in [0.25, 0.3) is 10.8 Å². The van der Waals surface area contributed by atoms with Gasteiger partial charge in [-0.3, -0.25) is 4.68 Å². The predicted molar refractivity (Wildman–Crippen MR) is 87.4 cm³/mol. The van der Waals surface area contributed by atoms with E-state index in [9.17, 15) is 0 Å². The third-order valence-corrected chi connectivity index (χ3v) is 4.04. The maximum Gasteiger partial charge on any atom is 0.0948 e. The molecule has 1 heterocycles. The van der Waals surface area contributed by atoms with Crippen molar-refractivity contribution in [3.05, 3.63) is 64.9 Å². The van der Waals surface area contributed by atoms with E-state index >= 15 is 0 Å². The molecule has 0 amide bonds. The van der Waals surface area contributed by atoms with E-state index in [0.29, 0.717) is 11.6 Å². The molecule has 0 spiro atoms. The Bertz CT molecular complexity index is 758. The summed E-state index contributed by atoms with van der Waals surface area (Å²) >= 11 is 6.15. The highest BCUT2D eigenvalue weighted by molar-refractivity contribution is 6.31. The van der Waals surface area contributed by atoms with Crippen molar-refractivity contribution >= 4 is 22.4 Å². The second kappa shape index (κ2) is 5.88. The Balaban J connectivity index is 1.81. The Morgan fingerprint density at radius 3 is 2.71 bits per heavy atom. The smallest absolute Gasteiger partial charge is 0.0948 e. The summed E-state index contributed by atoms with van der Waals surface area (Å²) < 4.78 is 1.74. The molecule has 1 atom stereocenters. The first kappa shape index (κ1) is 14.1. The van der Waals surface area contributed by atoms with E-state index < -0.39 is 0 Å². The van der Waals surface area contributed by atoms with Crippen LogP contribution in [0, 0.1) is 0 Å². The number of aryl methyl sites for hydroxylation is 1.